The molecule has 0 bridgehead atoms. The van der Waals surface area contributed by atoms with Crippen LogP contribution in [0.3, 0.4) is 0 Å². The summed E-state index contributed by atoms with van der Waals surface area (Å²) in [5, 5.41) is 16.0. The van der Waals surface area contributed by atoms with E-state index in [1.54, 1.807) is 24.4 Å². The van der Waals surface area contributed by atoms with E-state index in [0.717, 1.165) is 24.2 Å². The Morgan fingerprint density at radius 3 is 3.15 bits per heavy atom. The molecule has 3 rings (SSSR count). The molecule has 0 aliphatic heterocycles. The Bertz CT molecular complexity index is 596. The lowest BCUT2D eigenvalue weighted by Gasteiger charge is -2.22. The number of nitrogens with one attached hydrogen (secondary N) is 1. The number of pyridine rings is 1. The molecule has 1 unspecified atom stereocenters. The Morgan fingerprint density at radius 2 is 2.40 bits per heavy atom. The number of fused-ring (bicyclic) bond motifs is 1. The number of aryl methyl sites for hydroxylation is 1. The van der Waals surface area contributed by atoms with Crippen LogP contribution in [0.2, 0.25) is 0 Å². The van der Waals surface area contributed by atoms with Gasteiger partial charge in [-0.3, -0.25) is 9.78 Å². The summed E-state index contributed by atoms with van der Waals surface area (Å²) >= 11 is 0. The van der Waals surface area contributed by atoms with Crippen molar-refractivity contribution >= 4 is 5.91 Å². The van der Waals surface area contributed by atoms with Crippen molar-refractivity contribution < 1.29 is 14.4 Å². The monoisotopic (exact) mass is 273 g/mol. The summed E-state index contributed by atoms with van der Waals surface area (Å²) in [6, 6.07) is 5.25. The molecule has 0 fully saturated rings. The maximum absolute atomic E-state index is 12.1. The highest BCUT2D eigenvalue weighted by molar-refractivity contribution is 5.92. The lowest BCUT2D eigenvalue weighted by Crippen LogP contribution is -2.39. The highest BCUT2D eigenvalue weighted by atomic mass is 16.5. The second kappa shape index (κ2) is 5.42. The third-order valence-electron chi connectivity index (χ3n) is 3.50. The fourth-order valence-electron chi connectivity index (χ4n) is 2.47. The van der Waals surface area contributed by atoms with Crippen LogP contribution in [0.5, 0.6) is 0 Å². The number of rotatable bonds is 3. The van der Waals surface area contributed by atoms with E-state index in [2.05, 4.69) is 15.5 Å². The highest BCUT2D eigenvalue weighted by Gasteiger charge is 2.26. The minimum absolute atomic E-state index is 0.0155. The van der Waals surface area contributed by atoms with E-state index in [4.69, 9.17) is 4.52 Å². The van der Waals surface area contributed by atoms with Crippen molar-refractivity contribution in [1.29, 1.82) is 0 Å². The topological polar surface area (TPSA) is 88.2 Å². The number of aliphatic hydroxyl groups is 1. The molecule has 0 radical (unpaired) electrons. The molecule has 2 aromatic heterocycles. The van der Waals surface area contributed by atoms with Crippen molar-refractivity contribution in [2.24, 2.45) is 0 Å². The average molecular weight is 273 g/mol. The van der Waals surface area contributed by atoms with E-state index in [1.165, 1.54) is 0 Å². The fourth-order valence-corrected chi connectivity index (χ4v) is 2.47. The van der Waals surface area contributed by atoms with Gasteiger partial charge in [0.1, 0.15) is 17.1 Å². The molecule has 1 aliphatic rings. The summed E-state index contributed by atoms with van der Waals surface area (Å²) in [5.41, 5.74) is 1.90. The molecule has 6 nitrogen and oxygen atoms in total. The first kappa shape index (κ1) is 12.8. The molecule has 0 saturated heterocycles. The quantitative estimate of drug-likeness (QED) is 0.865. The maximum Gasteiger partial charge on any atom is 0.270 e. The molecule has 0 saturated carbocycles. The normalized spacial score (nSPS) is 17.6. The zero-order chi connectivity index (χ0) is 13.9. The molecule has 0 aromatic carbocycles. The number of aromatic nitrogens is 2. The van der Waals surface area contributed by atoms with E-state index in [9.17, 15) is 9.90 Å². The van der Waals surface area contributed by atoms with Crippen molar-refractivity contribution in [2.75, 3.05) is 0 Å². The molecular formula is C14H15N3O3. The molecule has 1 aliphatic carbocycles. The Hall–Kier alpha value is -2.21. The number of amides is 1. The number of hydrogen-bond acceptors (Lipinski definition) is 5. The molecule has 2 aromatic rings. The van der Waals surface area contributed by atoms with E-state index in [1.807, 2.05) is 0 Å². The zero-order valence-corrected chi connectivity index (χ0v) is 10.9. The van der Waals surface area contributed by atoms with Crippen LogP contribution >= 0.6 is 0 Å². The Balaban J connectivity index is 1.70. The summed E-state index contributed by atoms with van der Waals surface area (Å²) in [6.07, 6.45) is 3.74. The average Bonchev–Trinajstić information content (AvgIpc) is 2.90. The van der Waals surface area contributed by atoms with Crippen molar-refractivity contribution in [2.45, 2.75) is 31.9 Å². The second-order valence-corrected chi connectivity index (χ2v) is 4.82. The van der Waals surface area contributed by atoms with Gasteiger partial charge in [-0.1, -0.05) is 11.2 Å². The van der Waals surface area contributed by atoms with Gasteiger partial charge >= 0.3 is 0 Å². The zero-order valence-electron chi connectivity index (χ0n) is 10.9. The second-order valence-electron chi connectivity index (χ2n) is 4.82. The van der Waals surface area contributed by atoms with Crippen LogP contribution in [0.4, 0.5) is 0 Å². The number of carbonyl (C=O) groups excluding carboxylic acids is 1. The minimum atomic E-state index is -0.180. The van der Waals surface area contributed by atoms with Gasteiger partial charge in [-0.05, 0) is 25.0 Å². The van der Waals surface area contributed by atoms with E-state index >= 15 is 0 Å². The molecule has 2 N–H and O–H groups in total. The van der Waals surface area contributed by atoms with Crippen LogP contribution in [0, 0.1) is 0 Å². The van der Waals surface area contributed by atoms with Gasteiger partial charge in [0.05, 0.1) is 6.61 Å². The maximum atomic E-state index is 12.1. The SMILES string of the molecule is O=C(NC1CCc2onc(CO)c2C1)c1ccccn1. The summed E-state index contributed by atoms with van der Waals surface area (Å²) in [7, 11) is 0. The smallest absolute Gasteiger partial charge is 0.270 e. The summed E-state index contributed by atoms with van der Waals surface area (Å²) < 4.78 is 5.18. The predicted molar refractivity (Wildman–Crippen MR) is 69.9 cm³/mol. The first-order chi connectivity index (χ1) is 9.78. The van der Waals surface area contributed by atoms with Crippen LogP contribution in [0.15, 0.2) is 28.9 Å². The molecule has 104 valence electrons. The third-order valence-corrected chi connectivity index (χ3v) is 3.50. The van der Waals surface area contributed by atoms with Gasteiger partial charge in [0.25, 0.3) is 5.91 Å². The molecule has 2 heterocycles. The van der Waals surface area contributed by atoms with Gasteiger partial charge in [-0.15, -0.1) is 0 Å². The van der Waals surface area contributed by atoms with Gasteiger partial charge in [-0.2, -0.15) is 0 Å². The van der Waals surface area contributed by atoms with E-state index in [-0.39, 0.29) is 18.6 Å². The van der Waals surface area contributed by atoms with Crippen LogP contribution < -0.4 is 5.32 Å². The molecule has 20 heavy (non-hydrogen) atoms. The minimum Gasteiger partial charge on any atom is -0.390 e. The van der Waals surface area contributed by atoms with Gasteiger partial charge in [0.2, 0.25) is 0 Å². The molecule has 0 spiro atoms. The van der Waals surface area contributed by atoms with Crippen molar-refractivity contribution in [3.05, 3.63) is 47.1 Å². The number of hydrogen-bond donors (Lipinski definition) is 2. The first-order valence-electron chi connectivity index (χ1n) is 6.57. The Morgan fingerprint density at radius 1 is 1.50 bits per heavy atom. The molecular weight excluding hydrogens is 258 g/mol. The van der Waals surface area contributed by atoms with Crippen LogP contribution in [-0.4, -0.2) is 27.2 Å². The van der Waals surface area contributed by atoms with Crippen LogP contribution in [0.1, 0.15) is 33.9 Å². The summed E-state index contributed by atoms with van der Waals surface area (Å²) in [5.74, 6) is 0.637. The number of carbonyl (C=O) groups is 1. The molecule has 6 heteroatoms. The van der Waals surface area contributed by atoms with Gasteiger partial charge in [-0.25, -0.2) is 0 Å². The highest BCUT2D eigenvalue weighted by Crippen LogP contribution is 2.24. The van der Waals surface area contributed by atoms with Gasteiger partial charge < -0.3 is 14.9 Å². The molecule has 1 amide bonds. The lowest BCUT2D eigenvalue weighted by atomic mass is 9.92. The fraction of sp³-hybridized carbons (Fsp3) is 0.357. The van der Waals surface area contributed by atoms with Crippen LogP contribution in [-0.2, 0) is 19.4 Å². The van der Waals surface area contributed by atoms with Crippen molar-refractivity contribution in [3.63, 3.8) is 0 Å². The number of aliphatic hydroxyl groups excluding tert-OH is 1. The van der Waals surface area contributed by atoms with E-state index < -0.39 is 0 Å². The third kappa shape index (κ3) is 2.42. The largest absolute Gasteiger partial charge is 0.390 e. The Labute approximate surface area is 115 Å². The van der Waals surface area contributed by atoms with Crippen LogP contribution in [0.25, 0.3) is 0 Å². The first-order valence-corrected chi connectivity index (χ1v) is 6.57. The number of nitrogens with zero attached hydrogens (tertiary/aromatic N) is 2. The van der Waals surface area contributed by atoms with E-state index in [0.29, 0.717) is 17.8 Å². The molecule has 1 atom stereocenters. The van der Waals surface area contributed by atoms with Gasteiger partial charge in [0, 0.05) is 24.2 Å². The summed E-state index contributed by atoms with van der Waals surface area (Å²) in [4.78, 5) is 16.1. The predicted octanol–water partition coefficient (Wildman–Crippen LogP) is 0.849. The lowest BCUT2D eigenvalue weighted by molar-refractivity contribution is 0.0927. The van der Waals surface area contributed by atoms with Crippen molar-refractivity contribution in [3.8, 4) is 0 Å². The summed E-state index contributed by atoms with van der Waals surface area (Å²) in [6.45, 7) is -0.139. The van der Waals surface area contributed by atoms with Crippen molar-refractivity contribution in [1.82, 2.24) is 15.5 Å². The standard InChI is InChI=1S/C14H15N3O3/c18-8-12-10-7-9(4-5-13(10)20-17-12)16-14(19)11-3-1-2-6-15-11/h1-3,6,9,18H,4-5,7-8H2,(H,16,19). The van der Waals surface area contributed by atoms with Gasteiger partial charge in [0.15, 0.2) is 0 Å². The Kier molecular flexibility index (Phi) is 3.47.